The molecule has 1 aliphatic rings. The topological polar surface area (TPSA) is 58.1 Å². The van der Waals surface area contributed by atoms with Gasteiger partial charge in [-0.25, -0.2) is 13.6 Å². The van der Waals surface area contributed by atoms with Crippen molar-refractivity contribution in [3.63, 3.8) is 0 Å². The Kier molecular flexibility index (Phi) is 5.70. The lowest BCUT2D eigenvalue weighted by atomic mass is 9.92. The fourth-order valence-corrected chi connectivity index (χ4v) is 4.19. The van der Waals surface area contributed by atoms with Gasteiger partial charge >= 0.3 is 6.03 Å². The van der Waals surface area contributed by atoms with Crippen LogP contribution in [0.1, 0.15) is 19.8 Å². The lowest BCUT2D eigenvalue weighted by Gasteiger charge is -2.37. The number of halogens is 2. The molecule has 2 amide bonds. The summed E-state index contributed by atoms with van der Waals surface area (Å²) in [5, 5.41) is 8.60. The predicted octanol–water partition coefficient (Wildman–Crippen LogP) is 4.34. The van der Waals surface area contributed by atoms with E-state index in [9.17, 15) is 9.18 Å². The Morgan fingerprint density at radius 2 is 2.08 bits per heavy atom. The number of piperidine rings is 1. The average molecular weight is 378 g/mol. The van der Waals surface area contributed by atoms with E-state index in [2.05, 4.69) is 15.5 Å². The van der Waals surface area contributed by atoms with Crippen molar-refractivity contribution >= 4 is 23.5 Å². The Labute approximate surface area is 155 Å². The molecule has 1 aromatic carbocycles. The van der Waals surface area contributed by atoms with Crippen molar-refractivity contribution in [2.75, 3.05) is 18.4 Å². The van der Waals surface area contributed by atoms with Gasteiger partial charge in [-0.1, -0.05) is 17.8 Å². The van der Waals surface area contributed by atoms with Crippen LogP contribution in [0.3, 0.4) is 0 Å². The van der Waals surface area contributed by atoms with E-state index in [1.54, 1.807) is 23.1 Å². The van der Waals surface area contributed by atoms with Crippen molar-refractivity contribution in [3.8, 4) is 0 Å². The summed E-state index contributed by atoms with van der Waals surface area (Å²) in [6.07, 6.45) is 4.08. The highest BCUT2D eigenvalue weighted by atomic mass is 32.2. The third-order valence-corrected chi connectivity index (χ3v) is 5.68. The normalized spacial score (nSPS) is 17.6. The molecule has 0 radical (unpaired) electrons. The van der Waals surface area contributed by atoms with E-state index in [1.165, 1.54) is 31.5 Å². The Balaban J connectivity index is 1.54. The number of carbonyl (C=O) groups is 1. The van der Waals surface area contributed by atoms with Crippen LogP contribution in [0.2, 0.25) is 0 Å². The van der Waals surface area contributed by atoms with Crippen LogP contribution in [0.4, 0.5) is 19.3 Å². The number of anilines is 1. The SMILES string of the molecule is CC(F)(Sc1cccc(F)c1)C1CCN(C(=O)Nc2ccnnc2)CC1. The third kappa shape index (κ3) is 4.69. The van der Waals surface area contributed by atoms with Crippen molar-refractivity contribution in [2.24, 2.45) is 5.92 Å². The van der Waals surface area contributed by atoms with Crippen LogP contribution in [0.5, 0.6) is 0 Å². The van der Waals surface area contributed by atoms with Crippen molar-refractivity contribution in [3.05, 3.63) is 48.5 Å². The smallest absolute Gasteiger partial charge is 0.321 e. The van der Waals surface area contributed by atoms with Crippen LogP contribution in [0, 0.1) is 11.7 Å². The van der Waals surface area contributed by atoms with Gasteiger partial charge in [-0.05, 0) is 44.0 Å². The molecule has 1 unspecified atom stereocenters. The van der Waals surface area contributed by atoms with E-state index in [4.69, 9.17) is 0 Å². The summed E-state index contributed by atoms with van der Waals surface area (Å²) in [6, 6.07) is 7.40. The number of carbonyl (C=O) groups excluding carboxylic acids is 1. The van der Waals surface area contributed by atoms with Gasteiger partial charge in [0.2, 0.25) is 0 Å². The first-order chi connectivity index (χ1) is 12.4. The number of alkyl halides is 1. The van der Waals surface area contributed by atoms with Gasteiger partial charge in [0.1, 0.15) is 5.82 Å². The summed E-state index contributed by atoms with van der Waals surface area (Å²) >= 11 is 1.04. The molecule has 2 heterocycles. The zero-order valence-corrected chi connectivity index (χ0v) is 15.2. The molecule has 0 aliphatic carbocycles. The lowest BCUT2D eigenvalue weighted by Crippen LogP contribution is -2.44. The van der Waals surface area contributed by atoms with Crippen LogP contribution in [-0.2, 0) is 0 Å². The minimum atomic E-state index is -1.52. The number of aromatic nitrogens is 2. The maximum Gasteiger partial charge on any atom is 0.321 e. The number of thioether (sulfide) groups is 1. The van der Waals surface area contributed by atoms with Gasteiger partial charge < -0.3 is 10.2 Å². The highest BCUT2D eigenvalue weighted by Crippen LogP contribution is 2.44. The second kappa shape index (κ2) is 7.99. The minimum Gasteiger partial charge on any atom is -0.325 e. The Bertz CT molecular complexity index is 752. The number of urea groups is 1. The molecule has 26 heavy (non-hydrogen) atoms. The minimum absolute atomic E-state index is 0.206. The Hall–Kier alpha value is -2.22. The number of benzene rings is 1. The number of nitrogens with zero attached hydrogens (tertiary/aromatic N) is 3. The molecule has 1 fully saturated rings. The van der Waals surface area contributed by atoms with E-state index < -0.39 is 5.00 Å². The molecule has 0 spiro atoms. The Morgan fingerprint density at radius 1 is 1.31 bits per heavy atom. The molecular weight excluding hydrogens is 358 g/mol. The average Bonchev–Trinajstić information content (AvgIpc) is 2.62. The molecule has 1 aromatic heterocycles. The fourth-order valence-electron chi connectivity index (χ4n) is 3.01. The summed E-state index contributed by atoms with van der Waals surface area (Å²) in [4.78, 5) is 14.5. The zero-order valence-electron chi connectivity index (χ0n) is 14.4. The number of rotatable bonds is 4. The monoisotopic (exact) mass is 378 g/mol. The molecular formula is C18H20F2N4OS. The number of nitrogens with one attached hydrogen (secondary N) is 1. The molecule has 2 aromatic rings. The van der Waals surface area contributed by atoms with E-state index >= 15 is 4.39 Å². The van der Waals surface area contributed by atoms with E-state index in [0.29, 0.717) is 36.5 Å². The van der Waals surface area contributed by atoms with Gasteiger partial charge in [0.05, 0.1) is 18.1 Å². The number of hydrogen-bond acceptors (Lipinski definition) is 4. The summed E-state index contributed by atoms with van der Waals surface area (Å²) in [6.45, 7) is 2.47. The molecule has 5 nitrogen and oxygen atoms in total. The van der Waals surface area contributed by atoms with Gasteiger partial charge in [-0.2, -0.15) is 10.2 Å². The van der Waals surface area contributed by atoms with Crippen LogP contribution in [0.25, 0.3) is 0 Å². The second-order valence-corrected chi connectivity index (χ2v) is 7.84. The molecule has 138 valence electrons. The summed E-state index contributed by atoms with van der Waals surface area (Å²) in [5.74, 6) is -0.578. The second-order valence-electron chi connectivity index (χ2n) is 6.37. The maximum atomic E-state index is 15.2. The van der Waals surface area contributed by atoms with Crippen LogP contribution in [-0.4, -0.2) is 39.2 Å². The van der Waals surface area contributed by atoms with Crippen LogP contribution in [0.15, 0.2) is 47.6 Å². The molecule has 1 saturated heterocycles. The van der Waals surface area contributed by atoms with Crippen LogP contribution < -0.4 is 5.32 Å². The van der Waals surface area contributed by atoms with Crippen molar-refractivity contribution in [2.45, 2.75) is 29.7 Å². The number of hydrogen-bond donors (Lipinski definition) is 1. The Morgan fingerprint density at radius 3 is 2.73 bits per heavy atom. The summed E-state index contributed by atoms with van der Waals surface area (Å²) in [7, 11) is 0. The van der Waals surface area contributed by atoms with Crippen molar-refractivity contribution in [1.29, 1.82) is 0 Å². The van der Waals surface area contributed by atoms with E-state index in [1.807, 2.05) is 0 Å². The molecule has 8 heteroatoms. The molecule has 1 atom stereocenters. The van der Waals surface area contributed by atoms with Crippen molar-refractivity contribution in [1.82, 2.24) is 15.1 Å². The summed E-state index contributed by atoms with van der Waals surface area (Å²) in [5.41, 5.74) is 0.573. The van der Waals surface area contributed by atoms with Gasteiger partial charge in [0.15, 0.2) is 5.00 Å². The van der Waals surface area contributed by atoms with Gasteiger partial charge in [0, 0.05) is 23.9 Å². The molecule has 0 bridgehead atoms. The number of amides is 2. The lowest BCUT2D eigenvalue weighted by molar-refractivity contribution is 0.124. The predicted molar refractivity (Wildman–Crippen MR) is 97.1 cm³/mol. The molecule has 1 aliphatic heterocycles. The van der Waals surface area contributed by atoms with Crippen LogP contribution >= 0.6 is 11.8 Å². The third-order valence-electron chi connectivity index (χ3n) is 4.46. The van der Waals surface area contributed by atoms with Gasteiger partial charge in [0.25, 0.3) is 0 Å². The zero-order chi connectivity index (χ0) is 18.6. The quantitative estimate of drug-likeness (QED) is 0.804. The van der Waals surface area contributed by atoms with E-state index in [0.717, 1.165) is 11.8 Å². The standard InChI is InChI=1S/C18H20F2N4OS/c1-18(20,26-16-4-2-3-14(19)11-16)13-6-9-24(10-7-13)17(25)23-15-5-8-21-22-12-15/h2-5,8,11-13H,6-7,9-10H2,1H3,(H,21,23,25). The van der Waals surface area contributed by atoms with Gasteiger partial charge in [-0.15, -0.1) is 0 Å². The fraction of sp³-hybridized carbons (Fsp3) is 0.389. The first-order valence-corrected chi connectivity index (χ1v) is 9.22. The van der Waals surface area contributed by atoms with E-state index in [-0.39, 0.29) is 17.8 Å². The first-order valence-electron chi connectivity index (χ1n) is 8.40. The first kappa shape index (κ1) is 18.6. The van der Waals surface area contributed by atoms with Gasteiger partial charge in [-0.3, -0.25) is 0 Å². The largest absolute Gasteiger partial charge is 0.325 e. The molecule has 0 saturated carbocycles. The maximum absolute atomic E-state index is 15.2. The molecule has 1 N–H and O–H groups in total. The highest BCUT2D eigenvalue weighted by Gasteiger charge is 2.38. The molecule has 3 rings (SSSR count). The summed E-state index contributed by atoms with van der Waals surface area (Å²) < 4.78 is 28.5. The number of likely N-dealkylation sites (tertiary alicyclic amines) is 1. The van der Waals surface area contributed by atoms with Crippen molar-refractivity contribution < 1.29 is 13.6 Å². The highest BCUT2D eigenvalue weighted by molar-refractivity contribution is 8.00.